The van der Waals surface area contributed by atoms with E-state index in [2.05, 4.69) is 10.3 Å². The quantitative estimate of drug-likeness (QED) is 0.797. The maximum Gasteiger partial charge on any atom is 0.418 e. The molecule has 1 aliphatic heterocycles. The molecule has 1 N–H and O–H groups in total. The van der Waals surface area contributed by atoms with Crippen molar-refractivity contribution < 1.29 is 32.2 Å². The van der Waals surface area contributed by atoms with Gasteiger partial charge >= 0.3 is 12.3 Å². The zero-order valence-corrected chi connectivity index (χ0v) is 17.5. The number of hydrogen-bond acceptors (Lipinski definition) is 6. The lowest BCUT2D eigenvalue weighted by molar-refractivity contribution is -0.137. The number of ether oxygens (including phenoxy) is 3. The molecule has 1 aliphatic rings. The number of nitrogens with one attached hydrogen (secondary N) is 1. The molecule has 1 aromatic rings. The maximum atomic E-state index is 12.9. The number of nitrogens with zero attached hydrogens (tertiary/aromatic N) is 2. The minimum Gasteiger partial charge on any atom is -0.493 e. The fraction of sp³-hybridized carbons (Fsp3) is 0.684. The molecule has 0 bridgehead atoms. The van der Waals surface area contributed by atoms with Crippen molar-refractivity contribution in [3.05, 3.63) is 17.8 Å². The van der Waals surface area contributed by atoms with E-state index in [0.29, 0.717) is 6.54 Å². The molecule has 0 aliphatic carbocycles. The van der Waals surface area contributed by atoms with Crippen LogP contribution in [0.1, 0.15) is 40.2 Å². The van der Waals surface area contributed by atoms with Crippen LogP contribution in [0.3, 0.4) is 0 Å². The van der Waals surface area contributed by atoms with E-state index in [1.165, 1.54) is 7.11 Å². The fourth-order valence-electron chi connectivity index (χ4n) is 3.06. The van der Waals surface area contributed by atoms with E-state index in [9.17, 15) is 18.0 Å². The normalized spacial score (nSPS) is 22.9. The summed E-state index contributed by atoms with van der Waals surface area (Å²) < 4.78 is 55.0. The average Bonchev–Trinajstić information content (AvgIpc) is 2.57. The monoisotopic (exact) mass is 419 g/mol. The van der Waals surface area contributed by atoms with Crippen molar-refractivity contribution in [2.45, 2.75) is 64.6 Å². The molecule has 0 saturated carbocycles. The number of hydrogen-bond donors (Lipinski definition) is 1. The van der Waals surface area contributed by atoms with Gasteiger partial charge in [-0.15, -0.1) is 0 Å². The molecule has 0 unspecified atom stereocenters. The highest BCUT2D eigenvalue weighted by molar-refractivity contribution is 5.69. The number of morpholine rings is 1. The van der Waals surface area contributed by atoms with Crippen LogP contribution in [0.2, 0.25) is 0 Å². The Balaban J connectivity index is 2.18. The van der Waals surface area contributed by atoms with E-state index in [-0.39, 0.29) is 30.3 Å². The Morgan fingerprint density at radius 1 is 1.34 bits per heavy atom. The predicted octanol–water partition coefficient (Wildman–Crippen LogP) is 3.93. The van der Waals surface area contributed by atoms with Crippen LogP contribution in [-0.2, 0) is 15.7 Å². The second-order valence-corrected chi connectivity index (χ2v) is 8.01. The second kappa shape index (κ2) is 8.64. The molecule has 1 saturated heterocycles. The van der Waals surface area contributed by atoms with Crippen LogP contribution in [0.15, 0.2) is 12.3 Å². The third-order valence-electron chi connectivity index (χ3n) is 4.35. The summed E-state index contributed by atoms with van der Waals surface area (Å²) in [5.41, 5.74) is -1.56. The van der Waals surface area contributed by atoms with Crippen LogP contribution in [0.4, 0.5) is 23.8 Å². The molecule has 164 valence electrons. The first-order valence-electron chi connectivity index (χ1n) is 9.32. The van der Waals surface area contributed by atoms with Crippen molar-refractivity contribution in [1.29, 1.82) is 0 Å². The van der Waals surface area contributed by atoms with Crippen LogP contribution >= 0.6 is 0 Å². The SMILES string of the molecule is COc1cc(C(F)(F)F)cnc1NC[C@@H]1[C@H](C)O[C@H](C)CN1C(=O)OC(C)(C)C. The van der Waals surface area contributed by atoms with Gasteiger partial charge in [0.15, 0.2) is 11.6 Å². The van der Waals surface area contributed by atoms with E-state index in [1.807, 2.05) is 13.8 Å². The van der Waals surface area contributed by atoms with Crippen molar-refractivity contribution >= 4 is 11.9 Å². The third-order valence-corrected chi connectivity index (χ3v) is 4.35. The second-order valence-electron chi connectivity index (χ2n) is 8.01. The smallest absolute Gasteiger partial charge is 0.418 e. The lowest BCUT2D eigenvalue weighted by Gasteiger charge is -2.43. The van der Waals surface area contributed by atoms with Gasteiger partial charge in [-0.05, 0) is 40.7 Å². The van der Waals surface area contributed by atoms with Gasteiger partial charge in [0, 0.05) is 12.7 Å². The molecule has 0 radical (unpaired) electrons. The summed E-state index contributed by atoms with van der Waals surface area (Å²) >= 11 is 0. The molecular formula is C19H28F3N3O4. The van der Waals surface area contributed by atoms with Crippen LogP contribution in [0, 0.1) is 0 Å². The molecule has 0 aromatic carbocycles. The highest BCUT2D eigenvalue weighted by Crippen LogP contribution is 2.33. The minimum atomic E-state index is -4.52. The van der Waals surface area contributed by atoms with Crippen molar-refractivity contribution in [1.82, 2.24) is 9.88 Å². The van der Waals surface area contributed by atoms with Gasteiger partial charge in [0.1, 0.15) is 5.60 Å². The van der Waals surface area contributed by atoms with Crippen molar-refractivity contribution in [3.8, 4) is 5.75 Å². The van der Waals surface area contributed by atoms with Crippen LogP contribution < -0.4 is 10.1 Å². The first kappa shape index (κ1) is 23.1. The molecule has 2 rings (SSSR count). The summed E-state index contributed by atoms with van der Waals surface area (Å²) in [5.74, 6) is 0.108. The zero-order valence-electron chi connectivity index (χ0n) is 17.5. The number of anilines is 1. The van der Waals surface area contributed by atoms with E-state index in [1.54, 1.807) is 25.7 Å². The highest BCUT2D eigenvalue weighted by atomic mass is 19.4. The first-order valence-corrected chi connectivity index (χ1v) is 9.32. The molecule has 0 spiro atoms. The third kappa shape index (κ3) is 6.12. The topological polar surface area (TPSA) is 72.9 Å². The van der Waals surface area contributed by atoms with E-state index < -0.39 is 29.5 Å². The standard InChI is InChI=1S/C19H28F3N3O4/c1-11-10-25(17(26)29-18(3,4)5)14(12(2)28-11)9-24-16-15(27-6)7-13(8-23-16)19(20,21)22/h7-8,11-12,14H,9-10H2,1-6H3,(H,23,24)/t11-,12+,14-/m1/s1. The van der Waals surface area contributed by atoms with Gasteiger partial charge in [0.05, 0.1) is 37.5 Å². The Labute approximate surface area is 168 Å². The van der Waals surface area contributed by atoms with Crippen molar-refractivity contribution in [2.75, 3.05) is 25.5 Å². The summed E-state index contributed by atoms with van der Waals surface area (Å²) in [6.07, 6.45) is -4.75. The van der Waals surface area contributed by atoms with Gasteiger partial charge in [-0.25, -0.2) is 9.78 Å². The summed E-state index contributed by atoms with van der Waals surface area (Å²) in [7, 11) is 1.27. The number of pyridine rings is 1. The Bertz CT molecular complexity index is 722. The van der Waals surface area contributed by atoms with Crippen molar-refractivity contribution in [3.63, 3.8) is 0 Å². The van der Waals surface area contributed by atoms with E-state index in [4.69, 9.17) is 14.2 Å². The van der Waals surface area contributed by atoms with Crippen LogP contribution in [0.25, 0.3) is 0 Å². The number of alkyl halides is 3. The minimum absolute atomic E-state index is 0.0404. The molecule has 29 heavy (non-hydrogen) atoms. The number of carbonyl (C=O) groups excluding carboxylic acids is 1. The molecule has 1 amide bonds. The van der Waals surface area contributed by atoms with Gasteiger partial charge < -0.3 is 19.5 Å². The fourth-order valence-corrected chi connectivity index (χ4v) is 3.06. The molecule has 2 heterocycles. The van der Waals surface area contributed by atoms with E-state index >= 15 is 0 Å². The van der Waals surface area contributed by atoms with Crippen molar-refractivity contribution in [2.24, 2.45) is 0 Å². The molecule has 3 atom stereocenters. The number of aromatic nitrogens is 1. The Kier molecular flexibility index (Phi) is 6.87. The average molecular weight is 419 g/mol. The Morgan fingerprint density at radius 2 is 2.00 bits per heavy atom. The summed E-state index contributed by atoms with van der Waals surface area (Å²) in [6.45, 7) is 9.56. The number of rotatable bonds is 4. The zero-order chi connectivity index (χ0) is 22.0. The number of halogens is 3. The van der Waals surface area contributed by atoms with Crippen LogP contribution in [-0.4, -0.2) is 60.0 Å². The van der Waals surface area contributed by atoms with Gasteiger partial charge in [-0.1, -0.05) is 0 Å². The largest absolute Gasteiger partial charge is 0.493 e. The summed E-state index contributed by atoms with van der Waals surface area (Å²) in [4.78, 5) is 18.1. The molecule has 7 nitrogen and oxygen atoms in total. The lowest BCUT2D eigenvalue weighted by Crippen LogP contribution is -2.58. The number of amides is 1. The summed E-state index contributed by atoms with van der Waals surface area (Å²) in [5, 5.41) is 2.97. The highest BCUT2D eigenvalue weighted by Gasteiger charge is 2.38. The van der Waals surface area contributed by atoms with Gasteiger partial charge in [0.2, 0.25) is 0 Å². The molecular weight excluding hydrogens is 391 g/mol. The molecule has 10 heteroatoms. The first-order chi connectivity index (χ1) is 13.3. The summed E-state index contributed by atoms with van der Waals surface area (Å²) in [6, 6.07) is 0.471. The van der Waals surface area contributed by atoms with E-state index in [0.717, 1.165) is 12.3 Å². The maximum absolute atomic E-state index is 12.9. The Morgan fingerprint density at radius 3 is 2.55 bits per heavy atom. The lowest BCUT2D eigenvalue weighted by atomic mass is 10.1. The van der Waals surface area contributed by atoms with Gasteiger partial charge in [0.25, 0.3) is 0 Å². The van der Waals surface area contributed by atoms with Gasteiger partial charge in [-0.3, -0.25) is 4.90 Å². The molecule has 1 aromatic heterocycles. The predicted molar refractivity (Wildman–Crippen MR) is 101 cm³/mol. The number of carbonyl (C=O) groups is 1. The van der Waals surface area contributed by atoms with Crippen LogP contribution in [0.5, 0.6) is 5.75 Å². The Hall–Kier alpha value is -2.23. The number of methoxy groups -OCH3 is 1. The molecule has 1 fully saturated rings. The van der Waals surface area contributed by atoms with Gasteiger partial charge in [-0.2, -0.15) is 13.2 Å².